The molecule has 1 aromatic rings. The third-order valence-electron chi connectivity index (χ3n) is 3.34. The van der Waals surface area contributed by atoms with E-state index >= 15 is 0 Å². The van der Waals surface area contributed by atoms with E-state index in [9.17, 15) is 14.4 Å². The van der Waals surface area contributed by atoms with Crippen molar-refractivity contribution in [2.24, 2.45) is 5.10 Å². The predicted octanol–water partition coefficient (Wildman–Crippen LogP) is 1.10. The standard InChI is InChI=1S/C16H19N3O4/c1-10(2)11-3-5-12(6-4-11)23-15(21)9-17-16(22)13-7-8-14(20)19-18-13/h3-6,10H,7-9H2,1-2H3,(H,17,22)(H,19,20). The fourth-order valence-electron chi connectivity index (χ4n) is 1.98. The molecule has 7 nitrogen and oxygen atoms in total. The molecule has 0 bridgehead atoms. The highest BCUT2D eigenvalue weighted by Crippen LogP contribution is 2.18. The molecule has 0 saturated carbocycles. The third kappa shape index (κ3) is 4.91. The molecule has 1 aromatic carbocycles. The number of hydrazone groups is 1. The lowest BCUT2D eigenvalue weighted by atomic mass is 10.0. The molecule has 2 amide bonds. The summed E-state index contributed by atoms with van der Waals surface area (Å²) in [7, 11) is 0. The van der Waals surface area contributed by atoms with Crippen LogP contribution in [0.4, 0.5) is 0 Å². The lowest BCUT2D eigenvalue weighted by Crippen LogP contribution is -2.39. The van der Waals surface area contributed by atoms with Crippen molar-refractivity contribution in [1.29, 1.82) is 0 Å². The molecule has 0 aromatic heterocycles. The zero-order valence-electron chi connectivity index (χ0n) is 13.1. The lowest BCUT2D eigenvalue weighted by molar-refractivity contribution is -0.134. The van der Waals surface area contributed by atoms with E-state index in [0.717, 1.165) is 5.56 Å². The highest BCUT2D eigenvalue weighted by atomic mass is 16.5. The Balaban J connectivity index is 1.80. The molecule has 2 N–H and O–H groups in total. The smallest absolute Gasteiger partial charge is 0.330 e. The summed E-state index contributed by atoms with van der Waals surface area (Å²) in [4.78, 5) is 34.4. The van der Waals surface area contributed by atoms with Gasteiger partial charge in [-0.25, -0.2) is 10.2 Å². The van der Waals surface area contributed by atoms with Crippen LogP contribution in [0.15, 0.2) is 29.4 Å². The zero-order valence-corrected chi connectivity index (χ0v) is 13.1. The molecule has 0 atom stereocenters. The van der Waals surface area contributed by atoms with Crippen LogP contribution in [0.3, 0.4) is 0 Å². The summed E-state index contributed by atoms with van der Waals surface area (Å²) >= 11 is 0. The topological polar surface area (TPSA) is 96.9 Å². The molecule has 0 radical (unpaired) electrons. The molecule has 0 saturated heterocycles. The normalized spacial score (nSPS) is 14.0. The molecule has 0 spiro atoms. The van der Waals surface area contributed by atoms with Gasteiger partial charge in [-0.3, -0.25) is 9.59 Å². The summed E-state index contributed by atoms with van der Waals surface area (Å²) in [6, 6.07) is 7.22. The van der Waals surface area contributed by atoms with Crippen molar-refractivity contribution >= 4 is 23.5 Å². The number of amides is 2. The van der Waals surface area contributed by atoms with E-state index in [2.05, 4.69) is 29.7 Å². The van der Waals surface area contributed by atoms with Gasteiger partial charge in [0, 0.05) is 12.8 Å². The Labute approximate surface area is 134 Å². The molecule has 1 aliphatic rings. The van der Waals surface area contributed by atoms with Crippen molar-refractivity contribution in [3.63, 3.8) is 0 Å². The summed E-state index contributed by atoms with van der Waals surface area (Å²) in [5.74, 6) is -0.467. The molecular formula is C16H19N3O4. The highest BCUT2D eigenvalue weighted by Gasteiger charge is 2.19. The van der Waals surface area contributed by atoms with Crippen LogP contribution in [-0.4, -0.2) is 30.0 Å². The van der Waals surface area contributed by atoms with Gasteiger partial charge >= 0.3 is 5.97 Å². The monoisotopic (exact) mass is 317 g/mol. The predicted molar refractivity (Wildman–Crippen MR) is 84.0 cm³/mol. The number of hydrogen-bond acceptors (Lipinski definition) is 5. The first-order valence-electron chi connectivity index (χ1n) is 7.40. The zero-order chi connectivity index (χ0) is 16.8. The average molecular weight is 317 g/mol. The number of ether oxygens (including phenoxy) is 1. The first-order valence-corrected chi connectivity index (χ1v) is 7.40. The van der Waals surface area contributed by atoms with Crippen molar-refractivity contribution < 1.29 is 19.1 Å². The van der Waals surface area contributed by atoms with Gasteiger partial charge < -0.3 is 10.1 Å². The largest absolute Gasteiger partial charge is 0.425 e. The van der Waals surface area contributed by atoms with E-state index in [1.165, 1.54) is 0 Å². The number of carbonyl (C=O) groups is 3. The molecule has 23 heavy (non-hydrogen) atoms. The van der Waals surface area contributed by atoms with Crippen molar-refractivity contribution in [2.45, 2.75) is 32.6 Å². The molecule has 1 aliphatic heterocycles. The minimum atomic E-state index is -0.573. The van der Waals surface area contributed by atoms with Crippen molar-refractivity contribution in [1.82, 2.24) is 10.7 Å². The van der Waals surface area contributed by atoms with E-state index in [0.29, 0.717) is 11.7 Å². The van der Waals surface area contributed by atoms with Crippen LogP contribution in [0.5, 0.6) is 5.75 Å². The van der Waals surface area contributed by atoms with Crippen LogP contribution in [0.2, 0.25) is 0 Å². The minimum absolute atomic E-state index is 0.193. The van der Waals surface area contributed by atoms with Crippen LogP contribution < -0.4 is 15.5 Å². The van der Waals surface area contributed by atoms with Gasteiger partial charge in [-0.1, -0.05) is 26.0 Å². The van der Waals surface area contributed by atoms with Crippen molar-refractivity contribution in [3.8, 4) is 5.75 Å². The minimum Gasteiger partial charge on any atom is -0.425 e. The second-order valence-corrected chi connectivity index (χ2v) is 5.47. The summed E-state index contributed by atoms with van der Waals surface area (Å²) in [5.41, 5.74) is 3.57. The number of hydrogen-bond donors (Lipinski definition) is 2. The van der Waals surface area contributed by atoms with E-state index in [-0.39, 0.29) is 31.0 Å². The molecule has 0 aliphatic carbocycles. The van der Waals surface area contributed by atoms with E-state index in [1.54, 1.807) is 12.1 Å². The maximum atomic E-state index is 11.8. The fraction of sp³-hybridized carbons (Fsp3) is 0.375. The fourth-order valence-corrected chi connectivity index (χ4v) is 1.98. The van der Waals surface area contributed by atoms with Gasteiger partial charge in [-0.2, -0.15) is 5.10 Å². The summed E-state index contributed by atoms with van der Waals surface area (Å²) in [6.45, 7) is 3.89. The molecule has 7 heteroatoms. The summed E-state index contributed by atoms with van der Waals surface area (Å²) < 4.78 is 5.14. The van der Waals surface area contributed by atoms with Crippen LogP contribution in [0.1, 0.15) is 38.2 Å². The Morgan fingerprint density at radius 1 is 1.26 bits per heavy atom. The number of esters is 1. The molecular weight excluding hydrogens is 298 g/mol. The van der Waals surface area contributed by atoms with E-state index in [1.807, 2.05) is 12.1 Å². The van der Waals surface area contributed by atoms with E-state index in [4.69, 9.17) is 4.74 Å². The number of carbonyl (C=O) groups excluding carboxylic acids is 3. The van der Waals surface area contributed by atoms with Gasteiger partial charge in [0.25, 0.3) is 5.91 Å². The van der Waals surface area contributed by atoms with Crippen LogP contribution in [-0.2, 0) is 14.4 Å². The Hall–Kier alpha value is -2.70. The van der Waals surface area contributed by atoms with Gasteiger partial charge in [0.15, 0.2) is 0 Å². The Bertz CT molecular complexity index is 635. The summed E-state index contributed by atoms with van der Waals surface area (Å²) in [5, 5.41) is 6.07. The van der Waals surface area contributed by atoms with Crippen molar-refractivity contribution in [2.75, 3.05) is 6.54 Å². The van der Waals surface area contributed by atoms with Gasteiger partial charge in [0.05, 0.1) is 0 Å². The van der Waals surface area contributed by atoms with Crippen molar-refractivity contribution in [3.05, 3.63) is 29.8 Å². The number of benzene rings is 1. The highest BCUT2D eigenvalue weighted by molar-refractivity contribution is 6.39. The Morgan fingerprint density at radius 2 is 1.96 bits per heavy atom. The van der Waals surface area contributed by atoms with Gasteiger partial charge in [0.2, 0.25) is 5.91 Å². The summed E-state index contributed by atoms with van der Waals surface area (Å²) in [6.07, 6.45) is 0.461. The van der Waals surface area contributed by atoms with Gasteiger partial charge in [-0.05, 0) is 23.6 Å². The van der Waals surface area contributed by atoms with Crippen LogP contribution in [0, 0.1) is 0 Å². The van der Waals surface area contributed by atoms with Gasteiger partial charge in [-0.15, -0.1) is 0 Å². The molecule has 0 fully saturated rings. The third-order valence-corrected chi connectivity index (χ3v) is 3.34. The maximum absolute atomic E-state index is 11.8. The Kier molecular flexibility index (Phi) is 5.46. The first-order chi connectivity index (χ1) is 11.0. The first kappa shape index (κ1) is 16.7. The number of nitrogens with one attached hydrogen (secondary N) is 2. The second kappa shape index (κ2) is 7.53. The molecule has 1 heterocycles. The number of nitrogens with zero attached hydrogens (tertiary/aromatic N) is 1. The average Bonchev–Trinajstić information content (AvgIpc) is 2.54. The molecule has 0 unspecified atom stereocenters. The Morgan fingerprint density at radius 3 is 2.52 bits per heavy atom. The van der Waals surface area contributed by atoms with Gasteiger partial charge in [0.1, 0.15) is 18.0 Å². The lowest BCUT2D eigenvalue weighted by Gasteiger charge is -2.12. The quantitative estimate of drug-likeness (QED) is 0.628. The van der Waals surface area contributed by atoms with Crippen LogP contribution >= 0.6 is 0 Å². The van der Waals surface area contributed by atoms with E-state index < -0.39 is 11.9 Å². The van der Waals surface area contributed by atoms with Crippen LogP contribution in [0.25, 0.3) is 0 Å². The maximum Gasteiger partial charge on any atom is 0.330 e. The second-order valence-electron chi connectivity index (χ2n) is 5.47. The molecule has 2 rings (SSSR count). The SMILES string of the molecule is CC(C)c1ccc(OC(=O)CNC(=O)C2=NNC(=O)CC2)cc1. The number of rotatable bonds is 5. The molecule has 122 valence electrons.